The fraction of sp³-hybridized carbons (Fsp3) is 0.500. The minimum Gasteiger partial charge on any atom is -0.399 e. The van der Waals surface area contributed by atoms with Gasteiger partial charge in [-0.1, -0.05) is 6.92 Å². The second kappa shape index (κ2) is 7.63. The third-order valence-electron chi connectivity index (χ3n) is 2.89. The average molecular weight is 265 g/mol. The van der Waals surface area contributed by atoms with E-state index in [1.165, 1.54) is 0 Å². The predicted molar refractivity (Wildman–Crippen MR) is 78.4 cm³/mol. The molecule has 0 fully saturated rings. The van der Waals surface area contributed by atoms with Gasteiger partial charge in [-0.05, 0) is 31.5 Å². The van der Waals surface area contributed by atoms with Crippen molar-refractivity contribution in [2.24, 2.45) is 0 Å². The Bertz CT molecular complexity index is 421. The summed E-state index contributed by atoms with van der Waals surface area (Å²) >= 11 is 0. The lowest BCUT2D eigenvalue weighted by molar-refractivity contribution is 0.0938. The van der Waals surface area contributed by atoms with Crippen molar-refractivity contribution >= 4 is 17.3 Å². The molecular formula is C14H23N3O2. The van der Waals surface area contributed by atoms with Crippen LogP contribution < -0.4 is 16.4 Å². The van der Waals surface area contributed by atoms with Crippen molar-refractivity contribution in [1.82, 2.24) is 5.32 Å². The molecule has 5 nitrogen and oxygen atoms in total. The first kappa shape index (κ1) is 15.3. The van der Waals surface area contributed by atoms with Gasteiger partial charge in [-0.2, -0.15) is 0 Å². The SMILES string of the molecule is CCC(C)Nc1ccc(N)cc1C(=O)NCCOC. The van der Waals surface area contributed by atoms with Gasteiger partial charge in [0.25, 0.3) is 5.91 Å². The molecule has 5 heteroatoms. The molecule has 0 saturated heterocycles. The molecular weight excluding hydrogens is 242 g/mol. The average Bonchev–Trinajstić information content (AvgIpc) is 2.40. The lowest BCUT2D eigenvalue weighted by atomic mass is 10.1. The zero-order chi connectivity index (χ0) is 14.3. The van der Waals surface area contributed by atoms with E-state index in [4.69, 9.17) is 10.5 Å². The highest BCUT2D eigenvalue weighted by molar-refractivity contribution is 6.00. The molecule has 0 aliphatic rings. The van der Waals surface area contributed by atoms with Gasteiger partial charge in [0.15, 0.2) is 0 Å². The van der Waals surface area contributed by atoms with Crippen molar-refractivity contribution in [3.05, 3.63) is 23.8 Å². The lowest BCUT2D eigenvalue weighted by Gasteiger charge is -2.17. The van der Waals surface area contributed by atoms with Gasteiger partial charge in [0.1, 0.15) is 0 Å². The maximum absolute atomic E-state index is 12.1. The lowest BCUT2D eigenvalue weighted by Crippen LogP contribution is -2.28. The highest BCUT2D eigenvalue weighted by atomic mass is 16.5. The van der Waals surface area contributed by atoms with E-state index in [0.717, 1.165) is 12.1 Å². The first-order valence-corrected chi connectivity index (χ1v) is 6.51. The van der Waals surface area contributed by atoms with Crippen molar-refractivity contribution in [3.8, 4) is 0 Å². The first-order chi connectivity index (χ1) is 9.08. The number of anilines is 2. The summed E-state index contributed by atoms with van der Waals surface area (Å²) in [5, 5.41) is 6.11. The van der Waals surface area contributed by atoms with Gasteiger partial charge >= 0.3 is 0 Å². The molecule has 1 unspecified atom stereocenters. The van der Waals surface area contributed by atoms with E-state index in [2.05, 4.69) is 24.5 Å². The molecule has 0 radical (unpaired) electrons. The number of nitrogens with two attached hydrogens (primary N) is 1. The number of benzene rings is 1. The van der Waals surface area contributed by atoms with E-state index in [-0.39, 0.29) is 5.91 Å². The fourth-order valence-corrected chi connectivity index (χ4v) is 1.60. The van der Waals surface area contributed by atoms with Crippen LogP contribution in [0.1, 0.15) is 30.6 Å². The number of amides is 1. The standard InChI is InChI=1S/C14H23N3O2/c1-4-10(2)17-13-6-5-11(15)9-12(13)14(18)16-7-8-19-3/h5-6,9-10,17H,4,7-8,15H2,1-3H3,(H,16,18). The van der Waals surface area contributed by atoms with Gasteiger partial charge in [0, 0.05) is 31.1 Å². The Labute approximate surface area is 114 Å². The fourth-order valence-electron chi connectivity index (χ4n) is 1.60. The molecule has 1 amide bonds. The zero-order valence-electron chi connectivity index (χ0n) is 11.8. The summed E-state index contributed by atoms with van der Waals surface area (Å²) < 4.78 is 4.91. The number of carbonyl (C=O) groups is 1. The number of methoxy groups -OCH3 is 1. The van der Waals surface area contributed by atoms with E-state index in [1.54, 1.807) is 19.2 Å². The number of hydrogen-bond donors (Lipinski definition) is 3. The summed E-state index contributed by atoms with van der Waals surface area (Å²) in [6.45, 7) is 5.13. The smallest absolute Gasteiger partial charge is 0.253 e. The van der Waals surface area contributed by atoms with Crippen LogP contribution in [0.4, 0.5) is 11.4 Å². The molecule has 0 bridgehead atoms. The Morgan fingerprint density at radius 2 is 2.21 bits per heavy atom. The quantitative estimate of drug-likeness (QED) is 0.519. The van der Waals surface area contributed by atoms with Gasteiger partial charge in [0.2, 0.25) is 0 Å². The summed E-state index contributed by atoms with van der Waals surface area (Å²) in [6, 6.07) is 5.62. The molecule has 0 aliphatic carbocycles. The van der Waals surface area contributed by atoms with E-state index < -0.39 is 0 Å². The van der Waals surface area contributed by atoms with Gasteiger partial charge in [-0.3, -0.25) is 4.79 Å². The zero-order valence-corrected chi connectivity index (χ0v) is 11.8. The number of ether oxygens (including phenoxy) is 1. The molecule has 106 valence electrons. The van der Waals surface area contributed by atoms with Gasteiger partial charge < -0.3 is 21.1 Å². The minimum absolute atomic E-state index is 0.143. The number of hydrogen-bond acceptors (Lipinski definition) is 4. The second-order valence-corrected chi connectivity index (χ2v) is 4.51. The van der Waals surface area contributed by atoms with Crippen LogP contribution in [0.3, 0.4) is 0 Å². The van der Waals surface area contributed by atoms with Crippen LogP contribution >= 0.6 is 0 Å². The van der Waals surface area contributed by atoms with Crippen molar-refractivity contribution < 1.29 is 9.53 Å². The van der Waals surface area contributed by atoms with Crippen LogP contribution in [0.2, 0.25) is 0 Å². The normalized spacial score (nSPS) is 11.9. The molecule has 4 N–H and O–H groups in total. The molecule has 19 heavy (non-hydrogen) atoms. The van der Waals surface area contributed by atoms with Crippen molar-refractivity contribution in [2.75, 3.05) is 31.3 Å². The van der Waals surface area contributed by atoms with Crippen LogP contribution in [0.15, 0.2) is 18.2 Å². The van der Waals surface area contributed by atoms with E-state index >= 15 is 0 Å². The van der Waals surface area contributed by atoms with Crippen molar-refractivity contribution in [3.63, 3.8) is 0 Å². The predicted octanol–water partition coefficient (Wildman–Crippen LogP) is 1.86. The van der Waals surface area contributed by atoms with Gasteiger partial charge in [0.05, 0.1) is 12.2 Å². The number of carbonyl (C=O) groups excluding carboxylic acids is 1. The molecule has 0 heterocycles. The molecule has 1 rings (SSSR count). The Morgan fingerprint density at radius 1 is 1.47 bits per heavy atom. The third-order valence-corrected chi connectivity index (χ3v) is 2.89. The van der Waals surface area contributed by atoms with Crippen LogP contribution in [0, 0.1) is 0 Å². The summed E-state index contributed by atoms with van der Waals surface area (Å²) in [4.78, 5) is 12.1. The molecule has 0 aliphatic heterocycles. The second-order valence-electron chi connectivity index (χ2n) is 4.51. The van der Waals surface area contributed by atoms with Crippen molar-refractivity contribution in [2.45, 2.75) is 26.3 Å². The molecule has 1 aromatic carbocycles. The Morgan fingerprint density at radius 3 is 2.84 bits per heavy atom. The van der Waals surface area contributed by atoms with Crippen LogP contribution in [0.5, 0.6) is 0 Å². The summed E-state index contributed by atoms with van der Waals surface area (Å²) in [5.41, 5.74) is 7.70. The minimum atomic E-state index is -0.143. The molecule has 0 aromatic heterocycles. The van der Waals surface area contributed by atoms with E-state index in [1.807, 2.05) is 6.07 Å². The number of nitrogen functional groups attached to an aromatic ring is 1. The maximum Gasteiger partial charge on any atom is 0.253 e. The largest absolute Gasteiger partial charge is 0.399 e. The highest BCUT2D eigenvalue weighted by Crippen LogP contribution is 2.20. The topological polar surface area (TPSA) is 76.4 Å². The molecule has 1 aromatic rings. The van der Waals surface area contributed by atoms with Crippen LogP contribution in [-0.2, 0) is 4.74 Å². The Kier molecular flexibility index (Phi) is 6.15. The molecule has 0 saturated carbocycles. The Balaban J connectivity index is 2.84. The molecule has 1 atom stereocenters. The maximum atomic E-state index is 12.1. The van der Waals surface area contributed by atoms with E-state index in [9.17, 15) is 4.79 Å². The summed E-state index contributed by atoms with van der Waals surface area (Å²) in [6.07, 6.45) is 0.981. The van der Waals surface area contributed by atoms with Crippen LogP contribution in [-0.4, -0.2) is 32.2 Å². The van der Waals surface area contributed by atoms with Gasteiger partial charge in [-0.15, -0.1) is 0 Å². The van der Waals surface area contributed by atoms with Gasteiger partial charge in [-0.25, -0.2) is 0 Å². The number of rotatable bonds is 7. The Hall–Kier alpha value is -1.75. The summed E-state index contributed by atoms with van der Waals surface area (Å²) in [5.74, 6) is -0.143. The third kappa shape index (κ3) is 4.79. The van der Waals surface area contributed by atoms with Crippen molar-refractivity contribution in [1.29, 1.82) is 0 Å². The molecule has 0 spiro atoms. The van der Waals surface area contributed by atoms with E-state index in [0.29, 0.717) is 30.4 Å². The number of nitrogens with one attached hydrogen (secondary N) is 2. The first-order valence-electron chi connectivity index (χ1n) is 6.51. The highest BCUT2D eigenvalue weighted by Gasteiger charge is 2.12. The van der Waals surface area contributed by atoms with Crippen LogP contribution in [0.25, 0.3) is 0 Å². The monoisotopic (exact) mass is 265 g/mol. The summed E-state index contributed by atoms with van der Waals surface area (Å²) in [7, 11) is 1.60.